The van der Waals surface area contributed by atoms with E-state index in [-0.39, 0.29) is 17.4 Å². The van der Waals surface area contributed by atoms with Gasteiger partial charge in [-0.1, -0.05) is 6.92 Å². The van der Waals surface area contributed by atoms with Crippen molar-refractivity contribution in [1.82, 2.24) is 5.32 Å². The number of nitrogens with one attached hydrogen (secondary N) is 1. The predicted octanol–water partition coefficient (Wildman–Crippen LogP) is 2.55. The van der Waals surface area contributed by atoms with Crippen molar-refractivity contribution in [2.75, 3.05) is 11.6 Å². The van der Waals surface area contributed by atoms with E-state index in [0.717, 1.165) is 6.07 Å². The molecule has 1 atom stereocenters. The average molecular weight is 319 g/mol. The van der Waals surface area contributed by atoms with Gasteiger partial charge in [0.05, 0.1) is 5.88 Å². The Bertz CT molecular complexity index is 644. The lowest BCUT2D eigenvalue weighted by molar-refractivity contribution is 0.0614. The first kappa shape index (κ1) is 16.2. The second-order valence-electron chi connectivity index (χ2n) is 5.81. The van der Waals surface area contributed by atoms with E-state index in [2.05, 4.69) is 5.32 Å². The quantitative estimate of drug-likeness (QED) is 0.926. The Kier molecular flexibility index (Phi) is 4.26. The van der Waals surface area contributed by atoms with Crippen LogP contribution in [0, 0.1) is 11.6 Å². The molecule has 1 aromatic rings. The molecular weight excluding hydrogens is 300 g/mol. The maximum atomic E-state index is 13.9. The molecule has 0 aromatic heterocycles. The molecule has 0 bridgehead atoms. The zero-order valence-corrected chi connectivity index (χ0v) is 13.1. The monoisotopic (exact) mass is 319 g/mol. The first-order valence-electron chi connectivity index (χ1n) is 6.75. The molecule has 0 radical (unpaired) electrons. The second kappa shape index (κ2) is 5.53. The van der Waals surface area contributed by atoms with Gasteiger partial charge in [-0.2, -0.15) is 0 Å². The molecule has 1 N–H and O–H groups in total. The van der Waals surface area contributed by atoms with Crippen LogP contribution in [0.25, 0.3) is 0 Å². The summed E-state index contributed by atoms with van der Waals surface area (Å²) >= 11 is 0. The zero-order chi connectivity index (χ0) is 15.8. The summed E-state index contributed by atoms with van der Waals surface area (Å²) in [6, 6.07) is 1.47. The minimum absolute atomic E-state index is 0.0109. The van der Waals surface area contributed by atoms with Crippen LogP contribution in [0.2, 0.25) is 0 Å². The molecule has 0 amide bonds. The van der Waals surface area contributed by atoms with Gasteiger partial charge in [0.15, 0.2) is 21.4 Å². The van der Waals surface area contributed by atoms with Crippen molar-refractivity contribution >= 4 is 9.84 Å². The van der Waals surface area contributed by atoms with Crippen LogP contribution in [0.1, 0.15) is 38.8 Å². The molecule has 7 heteroatoms. The van der Waals surface area contributed by atoms with E-state index in [4.69, 9.17) is 4.74 Å². The SMILES string of the molecule is CCS(=O)(=O)CNC1CC(C)(C)Oc2c(F)cc(F)cc21. The molecule has 0 saturated heterocycles. The van der Waals surface area contributed by atoms with Crippen LogP contribution in [0.15, 0.2) is 12.1 Å². The molecule has 21 heavy (non-hydrogen) atoms. The van der Waals surface area contributed by atoms with Crippen LogP contribution < -0.4 is 10.1 Å². The van der Waals surface area contributed by atoms with Gasteiger partial charge in [-0.05, 0) is 19.9 Å². The van der Waals surface area contributed by atoms with Gasteiger partial charge >= 0.3 is 0 Å². The van der Waals surface area contributed by atoms with Gasteiger partial charge in [0.2, 0.25) is 0 Å². The average Bonchev–Trinajstić information content (AvgIpc) is 2.37. The maximum Gasteiger partial charge on any atom is 0.168 e. The van der Waals surface area contributed by atoms with Gasteiger partial charge in [0, 0.05) is 29.8 Å². The summed E-state index contributed by atoms with van der Waals surface area (Å²) in [5, 5.41) is 2.88. The normalized spacial score (nSPS) is 20.7. The smallest absolute Gasteiger partial charge is 0.168 e. The van der Waals surface area contributed by atoms with Crippen LogP contribution >= 0.6 is 0 Å². The molecule has 1 aliphatic rings. The Morgan fingerprint density at radius 1 is 1.38 bits per heavy atom. The van der Waals surface area contributed by atoms with E-state index in [0.29, 0.717) is 12.0 Å². The highest BCUT2D eigenvalue weighted by Gasteiger charge is 2.36. The minimum Gasteiger partial charge on any atom is -0.484 e. The fraction of sp³-hybridized carbons (Fsp3) is 0.571. The molecule has 118 valence electrons. The van der Waals surface area contributed by atoms with E-state index >= 15 is 0 Å². The van der Waals surface area contributed by atoms with Crippen LogP contribution in [0.5, 0.6) is 5.75 Å². The predicted molar refractivity (Wildman–Crippen MR) is 75.9 cm³/mol. The topological polar surface area (TPSA) is 55.4 Å². The van der Waals surface area contributed by atoms with Crippen molar-refractivity contribution in [2.24, 2.45) is 0 Å². The van der Waals surface area contributed by atoms with Crippen molar-refractivity contribution < 1.29 is 21.9 Å². The molecule has 2 rings (SSSR count). The number of fused-ring (bicyclic) bond motifs is 1. The highest BCUT2D eigenvalue weighted by Crippen LogP contribution is 2.41. The molecule has 0 fully saturated rings. The highest BCUT2D eigenvalue weighted by molar-refractivity contribution is 7.91. The Labute approximate surface area is 123 Å². The van der Waals surface area contributed by atoms with Gasteiger partial charge in [-0.3, -0.25) is 5.32 Å². The molecule has 1 aliphatic heterocycles. The van der Waals surface area contributed by atoms with Crippen LogP contribution in [-0.2, 0) is 9.84 Å². The Morgan fingerprint density at radius 2 is 2.05 bits per heavy atom. The third-order valence-electron chi connectivity index (χ3n) is 3.48. The molecule has 4 nitrogen and oxygen atoms in total. The molecule has 1 unspecified atom stereocenters. The van der Waals surface area contributed by atoms with E-state index in [1.807, 2.05) is 0 Å². The van der Waals surface area contributed by atoms with Crippen molar-refractivity contribution in [1.29, 1.82) is 0 Å². The lowest BCUT2D eigenvalue weighted by Crippen LogP contribution is -2.41. The highest BCUT2D eigenvalue weighted by atomic mass is 32.2. The van der Waals surface area contributed by atoms with E-state index in [1.165, 1.54) is 6.07 Å². The van der Waals surface area contributed by atoms with Crippen molar-refractivity contribution in [3.63, 3.8) is 0 Å². The minimum atomic E-state index is -3.22. The summed E-state index contributed by atoms with van der Waals surface area (Å²) in [5.74, 6) is -1.72. The van der Waals surface area contributed by atoms with Crippen LogP contribution in [-0.4, -0.2) is 25.6 Å². The lowest BCUT2D eigenvalue weighted by Gasteiger charge is -2.38. The largest absolute Gasteiger partial charge is 0.484 e. The molecule has 0 saturated carbocycles. The number of benzene rings is 1. The fourth-order valence-corrected chi connectivity index (χ4v) is 3.04. The van der Waals surface area contributed by atoms with Crippen molar-refractivity contribution in [3.05, 3.63) is 29.3 Å². The fourth-order valence-electron chi connectivity index (χ4n) is 2.38. The lowest BCUT2D eigenvalue weighted by atomic mass is 9.89. The summed E-state index contributed by atoms with van der Waals surface area (Å²) in [7, 11) is -3.22. The summed E-state index contributed by atoms with van der Waals surface area (Å²) < 4.78 is 56.1. The number of rotatable bonds is 4. The summed E-state index contributed by atoms with van der Waals surface area (Å²) in [6.07, 6.45) is 0.419. The van der Waals surface area contributed by atoms with E-state index in [9.17, 15) is 17.2 Å². The number of halogens is 2. The van der Waals surface area contributed by atoms with Gasteiger partial charge in [-0.15, -0.1) is 0 Å². The third-order valence-corrected chi connectivity index (χ3v) is 4.96. The van der Waals surface area contributed by atoms with Gasteiger partial charge in [-0.25, -0.2) is 17.2 Å². The van der Waals surface area contributed by atoms with Gasteiger partial charge in [0.25, 0.3) is 0 Å². The van der Waals surface area contributed by atoms with Gasteiger partial charge < -0.3 is 4.74 Å². The maximum absolute atomic E-state index is 13.9. The summed E-state index contributed by atoms with van der Waals surface area (Å²) in [5.41, 5.74) is -0.350. The summed E-state index contributed by atoms with van der Waals surface area (Å²) in [6.45, 7) is 5.11. The van der Waals surface area contributed by atoms with Crippen molar-refractivity contribution in [3.8, 4) is 5.75 Å². The number of hydrogen-bond acceptors (Lipinski definition) is 4. The number of ether oxygens (including phenoxy) is 1. The summed E-state index contributed by atoms with van der Waals surface area (Å²) in [4.78, 5) is 0. The Morgan fingerprint density at radius 3 is 2.67 bits per heavy atom. The first-order valence-corrected chi connectivity index (χ1v) is 8.57. The molecule has 1 heterocycles. The van der Waals surface area contributed by atoms with Crippen molar-refractivity contribution in [2.45, 2.75) is 38.8 Å². The standard InChI is InChI=1S/C14H19F2NO3S/c1-4-21(18,19)8-17-12-7-14(2,3)20-13-10(12)5-9(15)6-11(13)16/h5-6,12,17H,4,7-8H2,1-3H3. The number of sulfone groups is 1. The van der Waals surface area contributed by atoms with Gasteiger partial charge in [0.1, 0.15) is 11.4 Å². The van der Waals surface area contributed by atoms with E-state index < -0.39 is 33.1 Å². The molecule has 1 aromatic carbocycles. The number of hydrogen-bond donors (Lipinski definition) is 1. The van der Waals surface area contributed by atoms with E-state index in [1.54, 1.807) is 20.8 Å². The first-order chi connectivity index (χ1) is 9.63. The van der Waals surface area contributed by atoms with Crippen LogP contribution in [0.3, 0.4) is 0 Å². The Hall–Kier alpha value is -1.21. The van der Waals surface area contributed by atoms with Crippen LogP contribution in [0.4, 0.5) is 8.78 Å². The molecule has 0 aliphatic carbocycles. The molecule has 0 spiro atoms. The second-order valence-corrected chi connectivity index (χ2v) is 8.16. The third kappa shape index (κ3) is 3.71. The molecular formula is C14H19F2NO3S. The zero-order valence-electron chi connectivity index (χ0n) is 12.2. The Balaban J connectivity index is 2.35.